The average molecular weight is 343 g/mol. The van der Waals surface area contributed by atoms with Crippen LogP contribution in [0.25, 0.3) is 0 Å². The van der Waals surface area contributed by atoms with Gasteiger partial charge in [0.1, 0.15) is 17.5 Å². The zero-order chi connectivity index (χ0) is 16.9. The van der Waals surface area contributed by atoms with Gasteiger partial charge in [0.05, 0.1) is 22.6 Å². The predicted octanol–water partition coefficient (Wildman–Crippen LogP) is 3.71. The fourth-order valence-electron chi connectivity index (χ4n) is 2.03. The molecule has 0 spiro atoms. The fourth-order valence-corrected chi connectivity index (χ4v) is 2.87. The second-order valence-electron chi connectivity index (χ2n) is 4.88. The van der Waals surface area contributed by atoms with E-state index in [1.54, 1.807) is 36.7 Å². The third-order valence-electron chi connectivity index (χ3n) is 3.05. The number of aromatic nitrogens is 3. The van der Waals surface area contributed by atoms with Gasteiger partial charge in [-0.25, -0.2) is 14.4 Å². The lowest BCUT2D eigenvalue weighted by atomic mass is 10.3. The first-order valence-corrected chi connectivity index (χ1v) is 7.95. The molecule has 2 N–H and O–H groups in total. The second kappa shape index (κ2) is 7.14. The van der Waals surface area contributed by atoms with Crippen LogP contribution < -0.4 is 10.6 Å². The van der Waals surface area contributed by atoms with E-state index in [1.807, 2.05) is 13.0 Å². The van der Waals surface area contributed by atoms with Crippen molar-refractivity contribution in [3.8, 4) is 0 Å². The molecular formula is C16H14FN5OS. The smallest absolute Gasteiger partial charge is 0.278 e. The Balaban J connectivity index is 1.82. The highest BCUT2D eigenvalue weighted by Gasteiger charge is 2.18. The number of rotatable bonds is 5. The minimum Gasteiger partial charge on any atom is -0.344 e. The molecule has 3 aromatic heterocycles. The lowest BCUT2D eigenvalue weighted by Crippen LogP contribution is -2.15. The van der Waals surface area contributed by atoms with Crippen LogP contribution in [0.1, 0.15) is 21.2 Å². The molecule has 0 aliphatic heterocycles. The molecular weight excluding hydrogens is 329 g/mol. The van der Waals surface area contributed by atoms with Crippen LogP contribution in [0.5, 0.6) is 0 Å². The van der Waals surface area contributed by atoms with Gasteiger partial charge in [0.25, 0.3) is 5.91 Å². The molecule has 0 atom stereocenters. The van der Waals surface area contributed by atoms with Gasteiger partial charge in [-0.1, -0.05) is 6.07 Å². The summed E-state index contributed by atoms with van der Waals surface area (Å²) in [6, 6.07) is 8.43. The van der Waals surface area contributed by atoms with Gasteiger partial charge in [-0.05, 0) is 31.2 Å². The molecule has 0 saturated heterocycles. The van der Waals surface area contributed by atoms with Gasteiger partial charge in [0, 0.05) is 6.20 Å². The zero-order valence-electron chi connectivity index (χ0n) is 12.8. The third kappa shape index (κ3) is 3.72. The molecule has 0 unspecified atom stereocenters. The van der Waals surface area contributed by atoms with Gasteiger partial charge in [0.2, 0.25) is 0 Å². The Hall–Kier alpha value is -2.87. The number of hydrogen-bond acceptors (Lipinski definition) is 6. The molecule has 0 saturated carbocycles. The summed E-state index contributed by atoms with van der Waals surface area (Å²) >= 11 is 1.36. The maximum absolute atomic E-state index is 12.7. The van der Waals surface area contributed by atoms with Crippen molar-refractivity contribution in [1.29, 1.82) is 0 Å². The van der Waals surface area contributed by atoms with E-state index >= 15 is 0 Å². The van der Waals surface area contributed by atoms with Gasteiger partial charge in [0.15, 0.2) is 5.69 Å². The molecule has 3 heterocycles. The van der Waals surface area contributed by atoms with Crippen LogP contribution in [-0.4, -0.2) is 20.9 Å². The van der Waals surface area contributed by atoms with Gasteiger partial charge in [-0.2, -0.15) is 0 Å². The zero-order valence-corrected chi connectivity index (χ0v) is 13.6. The van der Waals surface area contributed by atoms with Crippen LogP contribution in [0.3, 0.4) is 0 Å². The van der Waals surface area contributed by atoms with Gasteiger partial charge >= 0.3 is 0 Å². The largest absolute Gasteiger partial charge is 0.344 e. The van der Waals surface area contributed by atoms with Crippen molar-refractivity contribution in [3.63, 3.8) is 0 Å². The van der Waals surface area contributed by atoms with Crippen molar-refractivity contribution in [1.82, 2.24) is 15.0 Å². The fraction of sp³-hybridized carbons (Fsp3) is 0.125. The summed E-state index contributed by atoms with van der Waals surface area (Å²) in [6.45, 7) is 1.13. The van der Waals surface area contributed by atoms with Gasteiger partial charge < -0.3 is 10.6 Å². The first-order chi connectivity index (χ1) is 11.7. The maximum Gasteiger partial charge on any atom is 0.278 e. The number of amides is 1. The van der Waals surface area contributed by atoms with Crippen LogP contribution in [0, 0.1) is 6.92 Å². The van der Waals surface area contributed by atoms with Crippen molar-refractivity contribution in [2.75, 3.05) is 10.6 Å². The summed E-state index contributed by atoms with van der Waals surface area (Å²) in [6.07, 6.45) is 3.32. The van der Waals surface area contributed by atoms with Crippen LogP contribution >= 0.6 is 11.3 Å². The summed E-state index contributed by atoms with van der Waals surface area (Å²) < 4.78 is 12.7. The van der Waals surface area contributed by atoms with Crippen LogP contribution in [-0.2, 0) is 6.67 Å². The molecule has 0 fully saturated rings. The van der Waals surface area contributed by atoms with Crippen LogP contribution in [0.4, 0.5) is 20.9 Å². The first kappa shape index (κ1) is 16.0. The summed E-state index contributed by atoms with van der Waals surface area (Å²) in [5, 5.41) is 7.14. The van der Waals surface area contributed by atoms with E-state index in [4.69, 9.17) is 0 Å². The highest BCUT2D eigenvalue weighted by molar-refractivity contribution is 7.16. The Labute approximate surface area is 141 Å². The lowest BCUT2D eigenvalue weighted by molar-refractivity contribution is 0.102. The quantitative estimate of drug-likeness (QED) is 0.738. The van der Waals surface area contributed by atoms with E-state index in [2.05, 4.69) is 25.6 Å². The SMILES string of the molecule is Cc1nc(C(=O)Nc2cccc(CF)n2)c(Nc2cccnc2)s1. The van der Waals surface area contributed by atoms with Crippen molar-refractivity contribution < 1.29 is 9.18 Å². The number of pyridine rings is 2. The van der Waals surface area contributed by atoms with E-state index in [0.29, 0.717) is 5.00 Å². The van der Waals surface area contributed by atoms with E-state index in [-0.39, 0.29) is 17.2 Å². The number of thiazole rings is 1. The number of nitrogens with one attached hydrogen (secondary N) is 2. The van der Waals surface area contributed by atoms with Crippen LogP contribution in [0.15, 0.2) is 42.7 Å². The van der Waals surface area contributed by atoms with Crippen LogP contribution in [0.2, 0.25) is 0 Å². The number of carbonyl (C=O) groups excluding carboxylic acids is 1. The Morgan fingerprint density at radius 3 is 2.88 bits per heavy atom. The molecule has 1 amide bonds. The Bertz CT molecular complexity index is 853. The normalized spacial score (nSPS) is 10.4. The standard InChI is InChI=1S/C16H14FN5OS/c1-10-19-14(16(24-10)21-12-5-3-7-18-9-12)15(23)22-13-6-2-4-11(8-17)20-13/h2-7,9,21H,8H2,1H3,(H,20,22,23). The number of alkyl halides is 1. The Morgan fingerprint density at radius 1 is 1.25 bits per heavy atom. The van der Waals surface area contributed by atoms with E-state index in [1.165, 1.54) is 11.3 Å². The van der Waals surface area contributed by atoms with E-state index in [0.717, 1.165) is 10.7 Å². The minimum absolute atomic E-state index is 0.258. The number of aryl methyl sites for hydroxylation is 1. The number of nitrogens with zero attached hydrogens (tertiary/aromatic N) is 3. The van der Waals surface area contributed by atoms with Crippen molar-refractivity contribution in [3.05, 3.63) is 59.1 Å². The summed E-state index contributed by atoms with van der Waals surface area (Å²) in [7, 11) is 0. The molecule has 3 rings (SSSR count). The molecule has 0 aliphatic rings. The van der Waals surface area contributed by atoms with Gasteiger partial charge in [-0.3, -0.25) is 9.78 Å². The molecule has 0 bridgehead atoms. The minimum atomic E-state index is -0.687. The highest BCUT2D eigenvalue weighted by atomic mass is 32.1. The molecule has 24 heavy (non-hydrogen) atoms. The summed E-state index contributed by atoms with van der Waals surface area (Å²) in [4.78, 5) is 24.8. The number of hydrogen-bond donors (Lipinski definition) is 2. The summed E-state index contributed by atoms with van der Waals surface area (Å²) in [5.41, 5.74) is 1.28. The van der Waals surface area contributed by atoms with Crippen molar-refractivity contribution >= 4 is 33.8 Å². The third-order valence-corrected chi connectivity index (χ3v) is 3.94. The topological polar surface area (TPSA) is 79.8 Å². The highest BCUT2D eigenvalue weighted by Crippen LogP contribution is 2.28. The predicted molar refractivity (Wildman–Crippen MR) is 91.4 cm³/mol. The number of carbonyl (C=O) groups is 1. The Morgan fingerprint density at radius 2 is 2.12 bits per heavy atom. The van der Waals surface area contributed by atoms with E-state index < -0.39 is 12.6 Å². The molecule has 6 nitrogen and oxygen atoms in total. The van der Waals surface area contributed by atoms with Crippen molar-refractivity contribution in [2.24, 2.45) is 0 Å². The average Bonchev–Trinajstić information content (AvgIpc) is 2.96. The molecule has 3 aromatic rings. The molecule has 0 radical (unpaired) electrons. The summed E-state index contributed by atoms with van der Waals surface area (Å²) in [5.74, 6) is -0.123. The van der Waals surface area contributed by atoms with E-state index in [9.17, 15) is 9.18 Å². The number of halogens is 1. The molecule has 8 heteroatoms. The molecule has 0 aromatic carbocycles. The monoisotopic (exact) mass is 343 g/mol. The lowest BCUT2D eigenvalue weighted by Gasteiger charge is -2.07. The number of anilines is 3. The maximum atomic E-state index is 12.7. The molecule has 0 aliphatic carbocycles. The Kier molecular flexibility index (Phi) is 4.76. The first-order valence-electron chi connectivity index (χ1n) is 7.13. The second-order valence-corrected chi connectivity index (χ2v) is 6.08. The molecule has 122 valence electrons. The van der Waals surface area contributed by atoms with Gasteiger partial charge in [-0.15, -0.1) is 11.3 Å². The van der Waals surface area contributed by atoms with Crippen molar-refractivity contribution in [2.45, 2.75) is 13.6 Å².